The SMILES string of the molecule is COc1ccc(S(=O)(=O)N(Cc2cccnc2)C(CC(C)(C)C)C(=O)NO)cc1. The smallest absolute Gasteiger partial charge is 0.261 e. The second-order valence-electron chi connectivity index (χ2n) is 7.84. The molecule has 158 valence electrons. The van der Waals surface area contributed by atoms with Gasteiger partial charge in [-0.25, -0.2) is 13.9 Å². The average molecular weight is 422 g/mol. The number of hydroxylamine groups is 1. The number of hydrogen-bond donors (Lipinski definition) is 2. The summed E-state index contributed by atoms with van der Waals surface area (Å²) in [6.45, 7) is 5.61. The summed E-state index contributed by atoms with van der Waals surface area (Å²) in [5.41, 5.74) is 1.86. The van der Waals surface area contributed by atoms with E-state index in [1.54, 1.807) is 42.1 Å². The molecule has 8 nitrogen and oxygen atoms in total. The van der Waals surface area contributed by atoms with Crippen molar-refractivity contribution in [3.05, 3.63) is 54.4 Å². The molecule has 0 aliphatic carbocycles. The van der Waals surface area contributed by atoms with Crippen LogP contribution in [0.4, 0.5) is 0 Å². The van der Waals surface area contributed by atoms with Crippen LogP contribution in [-0.2, 0) is 21.4 Å². The third-order valence-corrected chi connectivity index (χ3v) is 6.16. The number of nitrogens with zero attached hydrogens (tertiary/aromatic N) is 2. The molecule has 0 aliphatic heterocycles. The Bertz CT molecular complexity index is 909. The molecule has 9 heteroatoms. The van der Waals surface area contributed by atoms with Gasteiger partial charge in [-0.1, -0.05) is 26.8 Å². The maximum atomic E-state index is 13.5. The van der Waals surface area contributed by atoms with Crippen LogP contribution in [0.5, 0.6) is 5.75 Å². The Morgan fingerprint density at radius 1 is 1.24 bits per heavy atom. The lowest BCUT2D eigenvalue weighted by molar-refractivity contribution is -0.134. The van der Waals surface area contributed by atoms with E-state index in [0.717, 1.165) is 4.31 Å². The summed E-state index contributed by atoms with van der Waals surface area (Å²) >= 11 is 0. The second-order valence-corrected chi connectivity index (χ2v) is 9.73. The number of nitrogens with one attached hydrogen (secondary N) is 1. The molecule has 2 N–H and O–H groups in total. The number of rotatable bonds is 8. The second kappa shape index (κ2) is 9.34. The molecule has 0 fully saturated rings. The summed E-state index contributed by atoms with van der Waals surface area (Å²) in [5, 5.41) is 9.27. The molecule has 2 rings (SSSR count). The van der Waals surface area contributed by atoms with Crippen molar-refractivity contribution in [3.63, 3.8) is 0 Å². The van der Waals surface area contributed by atoms with E-state index < -0.39 is 22.0 Å². The third-order valence-electron chi connectivity index (χ3n) is 4.29. The number of carbonyl (C=O) groups is 1. The Kier molecular flexibility index (Phi) is 7.34. The van der Waals surface area contributed by atoms with E-state index >= 15 is 0 Å². The predicted octanol–water partition coefficient (Wildman–Crippen LogP) is 2.59. The largest absolute Gasteiger partial charge is 0.497 e. The molecule has 0 aliphatic rings. The normalized spacial score (nSPS) is 13.2. The van der Waals surface area contributed by atoms with Gasteiger partial charge in [0.25, 0.3) is 5.91 Å². The first-order chi connectivity index (χ1) is 13.6. The number of hydrogen-bond acceptors (Lipinski definition) is 6. The molecule has 1 atom stereocenters. The van der Waals surface area contributed by atoms with Gasteiger partial charge in [0.1, 0.15) is 11.8 Å². The van der Waals surface area contributed by atoms with E-state index in [-0.39, 0.29) is 23.3 Å². The van der Waals surface area contributed by atoms with E-state index in [1.165, 1.54) is 19.2 Å². The van der Waals surface area contributed by atoms with Gasteiger partial charge in [0.2, 0.25) is 10.0 Å². The van der Waals surface area contributed by atoms with Crippen LogP contribution in [0, 0.1) is 5.41 Å². The lowest BCUT2D eigenvalue weighted by Gasteiger charge is -2.33. The molecule has 2 aromatic rings. The van der Waals surface area contributed by atoms with Gasteiger partial charge >= 0.3 is 0 Å². The molecule has 0 spiro atoms. The minimum atomic E-state index is -4.07. The highest BCUT2D eigenvalue weighted by Gasteiger charge is 2.38. The Morgan fingerprint density at radius 3 is 2.38 bits per heavy atom. The van der Waals surface area contributed by atoms with Gasteiger partial charge < -0.3 is 4.74 Å². The van der Waals surface area contributed by atoms with Crippen molar-refractivity contribution < 1.29 is 23.2 Å². The van der Waals surface area contributed by atoms with Gasteiger partial charge in [0.15, 0.2) is 0 Å². The standard InChI is InChI=1S/C20H27N3O5S/c1-20(2,3)12-18(19(24)22-25)23(14-15-6-5-11-21-13-15)29(26,27)17-9-7-16(28-4)8-10-17/h5-11,13,18,25H,12,14H2,1-4H3,(H,22,24). The quantitative estimate of drug-likeness (QED) is 0.501. The van der Waals surface area contributed by atoms with Crippen LogP contribution in [0.15, 0.2) is 53.7 Å². The van der Waals surface area contributed by atoms with Crippen molar-refractivity contribution in [3.8, 4) is 5.75 Å². The number of benzene rings is 1. The number of aromatic nitrogens is 1. The summed E-state index contributed by atoms with van der Waals surface area (Å²) in [4.78, 5) is 16.5. The molecule has 29 heavy (non-hydrogen) atoms. The fourth-order valence-corrected chi connectivity index (χ4v) is 4.47. The zero-order valence-electron chi connectivity index (χ0n) is 17.0. The van der Waals surface area contributed by atoms with Crippen LogP contribution in [0.25, 0.3) is 0 Å². The van der Waals surface area contributed by atoms with Crippen molar-refractivity contribution in [1.29, 1.82) is 0 Å². The average Bonchev–Trinajstić information content (AvgIpc) is 2.70. The molecule has 0 bridgehead atoms. The number of carbonyl (C=O) groups excluding carboxylic acids is 1. The summed E-state index contributed by atoms with van der Waals surface area (Å²) in [5.74, 6) is -0.275. The predicted molar refractivity (Wildman–Crippen MR) is 108 cm³/mol. The highest BCUT2D eigenvalue weighted by molar-refractivity contribution is 7.89. The highest BCUT2D eigenvalue weighted by Crippen LogP contribution is 2.29. The number of pyridine rings is 1. The minimum Gasteiger partial charge on any atom is -0.497 e. The Balaban J connectivity index is 2.55. The molecule has 1 unspecified atom stereocenters. The van der Waals surface area contributed by atoms with Crippen molar-refractivity contribution in [2.75, 3.05) is 7.11 Å². The Hall–Kier alpha value is -2.49. The first kappa shape index (κ1) is 22.8. The topological polar surface area (TPSA) is 109 Å². The summed E-state index contributed by atoms with van der Waals surface area (Å²) < 4.78 is 33.2. The highest BCUT2D eigenvalue weighted by atomic mass is 32.2. The molecule has 1 heterocycles. The van der Waals surface area contributed by atoms with Crippen LogP contribution < -0.4 is 10.2 Å². The van der Waals surface area contributed by atoms with Crippen molar-refractivity contribution in [2.45, 2.75) is 44.7 Å². The molecule has 1 aromatic carbocycles. The van der Waals surface area contributed by atoms with Gasteiger partial charge in [-0.15, -0.1) is 0 Å². The summed E-state index contributed by atoms with van der Waals surface area (Å²) in [6.07, 6.45) is 3.33. The fraction of sp³-hybridized carbons (Fsp3) is 0.400. The van der Waals surface area contributed by atoms with E-state index in [0.29, 0.717) is 11.3 Å². The van der Waals surface area contributed by atoms with Crippen LogP contribution in [0.2, 0.25) is 0 Å². The van der Waals surface area contributed by atoms with Crippen LogP contribution >= 0.6 is 0 Å². The summed E-state index contributed by atoms with van der Waals surface area (Å²) in [6, 6.07) is 8.24. The summed E-state index contributed by atoms with van der Waals surface area (Å²) in [7, 11) is -2.58. The van der Waals surface area contributed by atoms with E-state index in [1.807, 2.05) is 20.8 Å². The molecule has 1 aromatic heterocycles. The number of amides is 1. The first-order valence-electron chi connectivity index (χ1n) is 9.07. The Morgan fingerprint density at radius 2 is 1.90 bits per heavy atom. The third kappa shape index (κ3) is 5.99. The number of ether oxygens (including phenoxy) is 1. The van der Waals surface area contributed by atoms with Gasteiger partial charge in [0.05, 0.1) is 12.0 Å². The Labute approximate surface area is 171 Å². The fourth-order valence-electron chi connectivity index (χ4n) is 2.90. The number of methoxy groups -OCH3 is 1. The maximum absolute atomic E-state index is 13.5. The first-order valence-corrected chi connectivity index (χ1v) is 10.5. The lowest BCUT2D eigenvalue weighted by Crippen LogP contribution is -2.50. The molecule has 0 saturated heterocycles. The lowest BCUT2D eigenvalue weighted by atomic mass is 9.87. The van der Waals surface area contributed by atoms with Crippen molar-refractivity contribution in [1.82, 2.24) is 14.8 Å². The zero-order chi connectivity index (χ0) is 21.7. The maximum Gasteiger partial charge on any atom is 0.261 e. The van der Waals surface area contributed by atoms with Crippen LogP contribution in [0.1, 0.15) is 32.8 Å². The van der Waals surface area contributed by atoms with Crippen LogP contribution in [-0.4, -0.2) is 42.0 Å². The monoisotopic (exact) mass is 421 g/mol. The van der Waals surface area contributed by atoms with Gasteiger partial charge in [0, 0.05) is 18.9 Å². The van der Waals surface area contributed by atoms with Crippen molar-refractivity contribution in [2.24, 2.45) is 5.41 Å². The van der Waals surface area contributed by atoms with E-state index in [2.05, 4.69) is 4.98 Å². The molecular formula is C20H27N3O5S. The number of sulfonamides is 1. The van der Waals surface area contributed by atoms with Gasteiger partial charge in [-0.05, 0) is 47.7 Å². The molecule has 1 amide bonds. The molecule has 0 saturated carbocycles. The zero-order valence-corrected chi connectivity index (χ0v) is 17.8. The van der Waals surface area contributed by atoms with Crippen molar-refractivity contribution >= 4 is 15.9 Å². The molecule has 0 radical (unpaired) electrons. The van der Waals surface area contributed by atoms with Crippen LogP contribution in [0.3, 0.4) is 0 Å². The van der Waals surface area contributed by atoms with E-state index in [9.17, 15) is 18.4 Å². The van der Waals surface area contributed by atoms with Gasteiger partial charge in [-0.2, -0.15) is 4.31 Å². The van der Waals surface area contributed by atoms with Gasteiger partial charge in [-0.3, -0.25) is 15.0 Å². The van der Waals surface area contributed by atoms with E-state index in [4.69, 9.17) is 4.74 Å². The molecular weight excluding hydrogens is 394 g/mol. The minimum absolute atomic E-state index is 0.0202.